The number of hydrogen-bond donors (Lipinski definition) is 2. The first-order chi connectivity index (χ1) is 15.6. The molecule has 2 aliphatic rings. The number of phenols is 1. The van der Waals surface area contributed by atoms with E-state index in [4.69, 9.17) is 14.2 Å². The number of dihydropyridines is 1. The minimum absolute atomic E-state index is 0.0650. The smallest absolute Gasteiger partial charge is 0.337 e. The Balaban J connectivity index is 2.20. The van der Waals surface area contributed by atoms with Gasteiger partial charge in [0.25, 0.3) is 0 Å². The van der Waals surface area contributed by atoms with E-state index in [0.717, 1.165) is 0 Å². The predicted molar refractivity (Wildman–Crippen MR) is 120 cm³/mol. The van der Waals surface area contributed by atoms with Crippen LogP contribution in [0.1, 0.15) is 52.0 Å². The van der Waals surface area contributed by atoms with Gasteiger partial charge >= 0.3 is 11.9 Å². The summed E-state index contributed by atoms with van der Waals surface area (Å²) in [5.41, 5.74) is 2.43. The molecule has 1 heterocycles. The molecule has 0 saturated carbocycles. The Morgan fingerprint density at radius 1 is 1.27 bits per heavy atom. The molecule has 2 N–H and O–H groups in total. The number of phenolic OH excluding ortho intramolecular Hbond substituents is 1. The van der Waals surface area contributed by atoms with Gasteiger partial charge in [0, 0.05) is 22.9 Å². The van der Waals surface area contributed by atoms with E-state index < -0.39 is 23.8 Å². The second kappa shape index (κ2) is 9.68. The number of Topliss-reactive ketones (excluding diaryl/α,β-unsaturated/α-hetero) is 1. The van der Waals surface area contributed by atoms with Gasteiger partial charge in [0.1, 0.15) is 5.92 Å². The van der Waals surface area contributed by atoms with Crippen LogP contribution in [0.5, 0.6) is 11.5 Å². The van der Waals surface area contributed by atoms with Crippen molar-refractivity contribution in [2.45, 2.75) is 52.6 Å². The van der Waals surface area contributed by atoms with Crippen molar-refractivity contribution in [2.24, 2.45) is 11.8 Å². The largest absolute Gasteiger partial charge is 0.504 e. The van der Waals surface area contributed by atoms with Crippen molar-refractivity contribution in [3.8, 4) is 11.5 Å². The normalized spacial score (nSPS) is 23.5. The van der Waals surface area contributed by atoms with E-state index in [1.54, 1.807) is 26.0 Å². The lowest BCUT2D eigenvalue weighted by molar-refractivity contribution is -0.151. The van der Waals surface area contributed by atoms with Gasteiger partial charge in [-0.15, -0.1) is 0 Å². The van der Waals surface area contributed by atoms with Crippen LogP contribution in [0.3, 0.4) is 0 Å². The van der Waals surface area contributed by atoms with Crippen molar-refractivity contribution in [3.05, 3.63) is 46.3 Å². The van der Waals surface area contributed by atoms with Crippen LogP contribution in [0.4, 0.5) is 0 Å². The van der Waals surface area contributed by atoms with Crippen LogP contribution in [-0.4, -0.2) is 43.2 Å². The van der Waals surface area contributed by atoms with Crippen molar-refractivity contribution < 1.29 is 33.7 Å². The predicted octanol–water partition coefficient (Wildman–Crippen LogP) is 3.36. The Bertz CT molecular complexity index is 1040. The number of esters is 2. The number of ether oxygens (including phenoxy) is 3. The maximum Gasteiger partial charge on any atom is 0.337 e. The average molecular weight is 458 g/mol. The summed E-state index contributed by atoms with van der Waals surface area (Å²) in [6.07, 6.45) is 0.767. The van der Waals surface area contributed by atoms with Crippen molar-refractivity contribution in [3.63, 3.8) is 0 Å². The van der Waals surface area contributed by atoms with Crippen LogP contribution in [-0.2, 0) is 23.9 Å². The number of aromatic hydroxyl groups is 1. The SMILES string of the molecule is CC[C@H](C)OC(=O)C1=C(C)NC2=C(C(=O)[C@H](C(=O)OC)[C@H](C)C2)[C@@H]1c1ccc(O)c(OC)c1. The van der Waals surface area contributed by atoms with Crippen LogP contribution in [0.15, 0.2) is 40.7 Å². The number of carbonyl (C=O) groups excluding carboxylic acids is 3. The van der Waals surface area contributed by atoms with Crippen LogP contribution >= 0.6 is 0 Å². The van der Waals surface area contributed by atoms with Gasteiger partial charge < -0.3 is 24.6 Å². The summed E-state index contributed by atoms with van der Waals surface area (Å²) in [4.78, 5) is 39.4. The maximum atomic E-state index is 13.7. The van der Waals surface area contributed by atoms with Crippen molar-refractivity contribution in [2.75, 3.05) is 14.2 Å². The molecule has 33 heavy (non-hydrogen) atoms. The zero-order valence-electron chi connectivity index (χ0n) is 19.9. The summed E-state index contributed by atoms with van der Waals surface area (Å²) in [6.45, 7) is 7.31. The molecule has 0 aromatic heterocycles. The molecule has 0 spiro atoms. The number of rotatable bonds is 6. The number of benzene rings is 1. The number of nitrogens with one attached hydrogen (secondary N) is 1. The number of allylic oxidation sites excluding steroid dienone is 3. The minimum atomic E-state index is -0.970. The molecule has 0 fully saturated rings. The molecule has 1 aliphatic carbocycles. The Hall–Kier alpha value is -3.29. The first kappa shape index (κ1) is 24.4. The van der Waals surface area contributed by atoms with E-state index in [1.807, 2.05) is 13.8 Å². The third-order valence-corrected chi connectivity index (χ3v) is 6.38. The molecule has 0 radical (unpaired) electrons. The van der Waals surface area contributed by atoms with Gasteiger partial charge in [-0.1, -0.05) is 19.9 Å². The van der Waals surface area contributed by atoms with Crippen LogP contribution in [0.2, 0.25) is 0 Å². The second-order valence-corrected chi connectivity index (χ2v) is 8.59. The van der Waals surface area contributed by atoms with E-state index in [9.17, 15) is 19.5 Å². The van der Waals surface area contributed by atoms with Gasteiger partial charge in [-0.2, -0.15) is 0 Å². The fraction of sp³-hybridized carbons (Fsp3) is 0.480. The molecule has 3 rings (SSSR count). The van der Waals surface area contributed by atoms with E-state index in [0.29, 0.717) is 35.4 Å². The molecule has 8 nitrogen and oxygen atoms in total. The molecular formula is C25H31NO7. The summed E-state index contributed by atoms with van der Waals surface area (Å²) >= 11 is 0. The van der Waals surface area contributed by atoms with Gasteiger partial charge in [0.15, 0.2) is 17.3 Å². The highest BCUT2D eigenvalue weighted by molar-refractivity contribution is 6.12. The van der Waals surface area contributed by atoms with Crippen molar-refractivity contribution in [1.82, 2.24) is 5.32 Å². The van der Waals surface area contributed by atoms with E-state index in [1.165, 1.54) is 20.3 Å². The quantitative estimate of drug-likeness (QED) is 0.494. The molecular weight excluding hydrogens is 426 g/mol. The summed E-state index contributed by atoms with van der Waals surface area (Å²) in [5, 5.41) is 13.3. The third-order valence-electron chi connectivity index (χ3n) is 6.38. The van der Waals surface area contributed by atoms with Crippen LogP contribution < -0.4 is 10.1 Å². The molecule has 1 aliphatic heterocycles. The average Bonchev–Trinajstić information content (AvgIpc) is 2.77. The van der Waals surface area contributed by atoms with Gasteiger partial charge in [-0.3, -0.25) is 9.59 Å². The van der Waals surface area contributed by atoms with E-state index in [-0.39, 0.29) is 34.9 Å². The summed E-state index contributed by atoms with van der Waals surface area (Å²) in [5.74, 6) is -3.42. The fourth-order valence-electron chi connectivity index (χ4n) is 4.49. The molecule has 0 unspecified atom stereocenters. The lowest BCUT2D eigenvalue weighted by Crippen LogP contribution is -2.43. The van der Waals surface area contributed by atoms with Gasteiger partial charge in [-0.05, 0) is 50.3 Å². The van der Waals surface area contributed by atoms with E-state index in [2.05, 4.69) is 5.32 Å². The zero-order chi connectivity index (χ0) is 24.4. The number of hydrogen-bond acceptors (Lipinski definition) is 8. The van der Waals surface area contributed by atoms with Crippen molar-refractivity contribution in [1.29, 1.82) is 0 Å². The number of ketones is 1. The standard InChI is InChI=1S/C25H31NO7/c1-7-13(3)33-25(30)20-14(4)26-16-10-12(2)19(24(29)32-6)23(28)22(16)21(20)15-8-9-17(27)18(11-15)31-5/h8-9,11-13,19,21,26-27H,7,10H2,1-6H3/t12-,13+,19-,21-/m1/s1. The Morgan fingerprint density at radius 3 is 2.58 bits per heavy atom. The molecule has 0 bridgehead atoms. The Labute approximate surface area is 193 Å². The van der Waals surface area contributed by atoms with Crippen molar-refractivity contribution >= 4 is 17.7 Å². The Kier molecular flexibility index (Phi) is 7.15. The van der Waals surface area contributed by atoms with Gasteiger partial charge in [-0.25, -0.2) is 4.79 Å². The number of carbonyl (C=O) groups is 3. The lowest BCUT2D eigenvalue weighted by atomic mass is 9.69. The maximum absolute atomic E-state index is 13.7. The first-order valence-electron chi connectivity index (χ1n) is 11.0. The lowest BCUT2D eigenvalue weighted by Gasteiger charge is -2.38. The minimum Gasteiger partial charge on any atom is -0.504 e. The zero-order valence-corrected chi connectivity index (χ0v) is 19.9. The molecule has 0 amide bonds. The summed E-state index contributed by atoms with van der Waals surface area (Å²) in [7, 11) is 2.68. The molecule has 4 atom stereocenters. The summed E-state index contributed by atoms with van der Waals surface area (Å²) in [6, 6.07) is 4.69. The van der Waals surface area contributed by atoms with E-state index >= 15 is 0 Å². The summed E-state index contributed by atoms with van der Waals surface area (Å²) < 4.78 is 15.8. The van der Waals surface area contributed by atoms with Crippen LogP contribution in [0, 0.1) is 11.8 Å². The molecule has 1 aromatic carbocycles. The molecule has 1 aromatic rings. The highest BCUT2D eigenvalue weighted by atomic mass is 16.5. The molecule has 178 valence electrons. The third kappa shape index (κ3) is 4.47. The topological polar surface area (TPSA) is 111 Å². The van der Waals surface area contributed by atoms with Gasteiger partial charge in [0.05, 0.1) is 25.9 Å². The Morgan fingerprint density at radius 2 is 1.97 bits per heavy atom. The second-order valence-electron chi connectivity index (χ2n) is 8.59. The van der Waals surface area contributed by atoms with Crippen LogP contribution in [0.25, 0.3) is 0 Å². The van der Waals surface area contributed by atoms with Gasteiger partial charge in [0.2, 0.25) is 0 Å². The monoisotopic (exact) mass is 457 g/mol. The first-order valence-corrected chi connectivity index (χ1v) is 11.0. The fourth-order valence-corrected chi connectivity index (χ4v) is 4.49. The highest BCUT2D eigenvalue weighted by Crippen LogP contribution is 2.46. The number of methoxy groups -OCH3 is 2. The molecule has 8 heteroatoms. The highest BCUT2D eigenvalue weighted by Gasteiger charge is 2.47. The molecule has 0 saturated heterocycles.